The summed E-state index contributed by atoms with van der Waals surface area (Å²) < 4.78 is 5.21. The molecule has 3 rings (SSSR count). The fraction of sp³-hybridized carbons (Fsp3) is 0.0625. The number of anilines is 2. The third-order valence-corrected chi connectivity index (χ3v) is 2.95. The number of amides is 1. The average molecular weight is 294 g/mol. The SMILES string of the molecule is O=C(Nc1ccccc1)c1ccc(NCc2ccco2)nn1. The van der Waals surface area contributed by atoms with Crippen LogP contribution in [0.15, 0.2) is 65.3 Å². The number of rotatable bonds is 5. The molecule has 0 saturated carbocycles. The van der Waals surface area contributed by atoms with Crippen molar-refractivity contribution in [3.63, 3.8) is 0 Å². The molecule has 6 nitrogen and oxygen atoms in total. The van der Waals surface area contributed by atoms with E-state index in [2.05, 4.69) is 20.8 Å². The van der Waals surface area contributed by atoms with Gasteiger partial charge in [-0.2, -0.15) is 0 Å². The molecule has 0 fully saturated rings. The lowest BCUT2D eigenvalue weighted by atomic mass is 10.3. The highest BCUT2D eigenvalue weighted by Gasteiger charge is 2.08. The van der Waals surface area contributed by atoms with E-state index < -0.39 is 0 Å². The highest BCUT2D eigenvalue weighted by molar-refractivity contribution is 6.02. The van der Waals surface area contributed by atoms with Gasteiger partial charge in [-0.05, 0) is 36.4 Å². The number of nitrogens with zero attached hydrogens (tertiary/aromatic N) is 2. The number of para-hydroxylation sites is 1. The second kappa shape index (κ2) is 6.53. The number of benzene rings is 1. The molecule has 110 valence electrons. The van der Waals surface area contributed by atoms with Crippen molar-refractivity contribution in [2.75, 3.05) is 10.6 Å². The minimum Gasteiger partial charge on any atom is -0.467 e. The minimum absolute atomic E-state index is 0.257. The standard InChI is InChI=1S/C16H14N4O2/c21-16(18-12-5-2-1-3-6-12)14-8-9-15(20-19-14)17-11-13-7-4-10-22-13/h1-10H,11H2,(H,17,20)(H,18,21). The Balaban J connectivity index is 1.60. The van der Waals surface area contributed by atoms with E-state index in [1.165, 1.54) is 0 Å². The van der Waals surface area contributed by atoms with Gasteiger partial charge in [0.1, 0.15) is 11.6 Å². The van der Waals surface area contributed by atoms with E-state index >= 15 is 0 Å². The molecule has 22 heavy (non-hydrogen) atoms. The van der Waals surface area contributed by atoms with Crippen LogP contribution in [0.4, 0.5) is 11.5 Å². The topological polar surface area (TPSA) is 80.0 Å². The Morgan fingerprint density at radius 2 is 1.86 bits per heavy atom. The van der Waals surface area contributed by atoms with Crippen LogP contribution in [0.3, 0.4) is 0 Å². The van der Waals surface area contributed by atoms with Crippen molar-refractivity contribution in [1.82, 2.24) is 10.2 Å². The molecule has 1 aromatic carbocycles. The van der Waals surface area contributed by atoms with E-state index in [1.807, 2.05) is 42.5 Å². The molecule has 6 heteroatoms. The summed E-state index contributed by atoms with van der Waals surface area (Å²) in [5, 5.41) is 13.7. The quantitative estimate of drug-likeness (QED) is 0.756. The third kappa shape index (κ3) is 3.49. The Morgan fingerprint density at radius 3 is 2.55 bits per heavy atom. The van der Waals surface area contributed by atoms with Gasteiger partial charge in [0, 0.05) is 5.69 Å². The van der Waals surface area contributed by atoms with Crippen LogP contribution in [0, 0.1) is 0 Å². The van der Waals surface area contributed by atoms with Crippen LogP contribution in [-0.4, -0.2) is 16.1 Å². The van der Waals surface area contributed by atoms with Crippen LogP contribution in [0.25, 0.3) is 0 Å². The van der Waals surface area contributed by atoms with E-state index in [0.29, 0.717) is 18.1 Å². The molecule has 0 atom stereocenters. The molecule has 1 amide bonds. The van der Waals surface area contributed by atoms with E-state index in [-0.39, 0.29) is 11.6 Å². The van der Waals surface area contributed by atoms with Crippen molar-refractivity contribution in [3.05, 3.63) is 72.3 Å². The smallest absolute Gasteiger partial charge is 0.276 e. The molecule has 0 aliphatic rings. The fourth-order valence-corrected chi connectivity index (χ4v) is 1.86. The summed E-state index contributed by atoms with van der Waals surface area (Å²) in [7, 11) is 0. The van der Waals surface area contributed by atoms with Crippen LogP contribution >= 0.6 is 0 Å². The normalized spacial score (nSPS) is 10.2. The van der Waals surface area contributed by atoms with Gasteiger partial charge < -0.3 is 15.1 Å². The first-order valence-electron chi connectivity index (χ1n) is 6.77. The molecular weight excluding hydrogens is 280 g/mol. The first-order chi connectivity index (χ1) is 10.8. The Bertz CT molecular complexity index is 725. The van der Waals surface area contributed by atoms with E-state index in [9.17, 15) is 4.79 Å². The summed E-state index contributed by atoms with van der Waals surface area (Å²) in [6, 6.07) is 16.2. The lowest BCUT2D eigenvalue weighted by Gasteiger charge is -2.05. The molecule has 2 aromatic heterocycles. The second-order valence-corrected chi connectivity index (χ2v) is 4.56. The van der Waals surface area contributed by atoms with Crippen LogP contribution in [0.1, 0.15) is 16.2 Å². The summed E-state index contributed by atoms with van der Waals surface area (Å²) in [4.78, 5) is 12.0. The lowest BCUT2D eigenvalue weighted by Crippen LogP contribution is -2.14. The van der Waals surface area contributed by atoms with Gasteiger partial charge in [-0.25, -0.2) is 0 Å². The highest BCUT2D eigenvalue weighted by atomic mass is 16.3. The maximum atomic E-state index is 12.0. The molecule has 0 unspecified atom stereocenters. The summed E-state index contributed by atoms with van der Waals surface area (Å²) in [5.74, 6) is 1.08. The number of furan rings is 1. The Hall–Kier alpha value is -3.15. The largest absolute Gasteiger partial charge is 0.467 e. The minimum atomic E-state index is -0.295. The summed E-state index contributed by atoms with van der Waals surface area (Å²) >= 11 is 0. The van der Waals surface area contributed by atoms with E-state index in [1.54, 1.807) is 18.4 Å². The monoisotopic (exact) mass is 294 g/mol. The van der Waals surface area contributed by atoms with Crippen molar-refractivity contribution in [2.45, 2.75) is 6.54 Å². The number of hydrogen-bond acceptors (Lipinski definition) is 5. The van der Waals surface area contributed by atoms with E-state index in [0.717, 1.165) is 5.76 Å². The molecule has 0 radical (unpaired) electrons. The predicted molar refractivity (Wildman–Crippen MR) is 82.5 cm³/mol. The molecule has 2 heterocycles. The molecular formula is C16H14N4O2. The van der Waals surface area contributed by atoms with E-state index in [4.69, 9.17) is 4.42 Å². The number of carbonyl (C=O) groups is 1. The Labute approximate surface area is 127 Å². The highest BCUT2D eigenvalue weighted by Crippen LogP contribution is 2.09. The van der Waals surface area contributed by atoms with Gasteiger partial charge in [-0.15, -0.1) is 10.2 Å². The van der Waals surface area contributed by atoms with Gasteiger partial charge in [0.25, 0.3) is 5.91 Å². The van der Waals surface area contributed by atoms with Crippen molar-refractivity contribution < 1.29 is 9.21 Å². The van der Waals surface area contributed by atoms with Gasteiger partial charge in [-0.3, -0.25) is 4.79 Å². The zero-order chi connectivity index (χ0) is 15.2. The Kier molecular flexibility index (Phi) is 4.10. The third-order valence-electron chi connectivity index (χ3n) is 2.95. The Morgan fingerprint density at radius 1 is 1.00 bits per heavy atom. The fourth-order valence-electron chi connectivity index (χ4n) is 1.86. The number of carbonyl (C=O) groups excluding carboxylic acids is 1. The predicted octanol–water partition coefficient (Wildman–Crippen LogP) is 2.93. The van der Waals surface area contributed by atoms with Crippen molar-refractivity contribution >= 4 is 17.4 Å². The second-order valence-electron chi connectivity index (χ2n) is 4.56. The van der Waals surface area contributed by atoms with Gasteiger partial charge in [0.15, 0.2) is 5.69 Å². The number of hydrogen-bond donors (Lipinski definition) is 2. The maximum Gasteiger partial charge on any atom is 0.276 e. The van der Waals surface area contributed by atoms with Crippen LogP contribution in [0.2, 0.25) is 0 Å². The van der Waals surface area contributed by atoms with Crippen molar-refractivity contribution in [2.24, 2.45) is 0 Å². The zero-order valence-corrected chi connectivity index (χ0v) is 11.7. The summed E-state index contributed by atoms with van der Waals surface area (Å²) in [6.07, 6.45) is 1.61. The lowest BCUT2D eigenvalue weighted by molar-refractivity contribution is 0.102. The zero-order valence-electron chi connectivity index (χ0n) is 11.7. The molecule has 2 N–H and O–H groups in total. The first-order valence-corrected chi connectivity index (χ1v) is 6.77. The molecule has 0 saturated heterocycles. The van der Waals surface area contributed by atoms with Crippen molar-refractivity contribution in [3.8, 4) is 0 Å². The molecule has 0 aliphatic carbocycles. The van der Waals surface area contributed by atoms with Gasteiger partial charge in [0.05, 0.1) is 12.8 Å². The summed E-state index contributed by atoms with van der Waals surface area (Å²) in [5.41, 5.74) is 0.974. The molecule has 3 aromatic rings. The maximum absolute atomic E-state index is 12.0. The molecule has 0 spiro atoms. The molecule has 0 bridgehead atoms. The van der Waals surface area contributed by atoms with Gasteiger partial charge in [0.2, 0.25) is 0 Å². The van der Waals surface area contributed by atoms with Crippen molar-refractivity contribution in [1.29, 1.82) is 0 Å². The van der Waals surface area contributed by atoms with Gasteiger partial charge in [-0.1, -0.05) is 18.2 Å². The van der Waals surface area contributed by atoms with Gasteiger partial charge >= 0.3 is 0 Å². The first kappa shape index (κ1) is 13.8. The molecule has 0 aliphatic heterocycles. The number of nitrogens with one attached hydrogen (secondary N) is 2. The number of aromatic nitrogens is 2. The average Bonchev–Trinajstić information content (AvgIpc) is 3.08. The van der Waals surface area contributed by atoms with Crippen LogP contribution in [0.5, 0.6) is 0 Å². The van der Waals surface area contributed by atoms with Crippen LogP contribution in [-0.2, 0) is 6.54 Å². The summed E-state index contributed by atoms with van der Waals surface area (Å²) in [6.45, 7) is 0.511. The van der Waals surface area contributed by atoms with Crippen LogP contribution < -0.4 is 10.6 Å².